The Balaban J connectivity index is 1.50. The Morgan fingerprint density at radius 3 is 1.92 bits per heavy atom. The summed E-state index contributed by atoms with van der Waals surface area (Å²) in [5.41, 5.74) is 2.99. The Bertz CT molecular complexity index is 1410. The third kappa shape index (κ3) is 2.72. The maximum Gasteiger partial charge on any atom is 0.338 e. The second-order valence-corrected chi connectivity index (χ2v) is 10.0. The van der Waals surface area contributed by atoms with Gasteiger partial charge in [0.25, 0.3) is 0 Å². The predicted molar refractivity (Wildman–Crippen MR) is 133 cm³/mol. The molecule has 3 aliphatic carbocycles. The van der Waals surface area contributed by atoms with Gasteiger partial charge in [-0.25, -0.2) is 9.69 Å². The third-order valence-corrected chi connectivity index (χ3v) is 7.88. The SMILES string of the molecule is CC(=O)C12c3ccccc3C(c3ccccc31)[C@@H]1C(=O)N(c3ccc(C(=O)OC(C)C)cc3)C(=O)[C@H]12. The van der Waals surface area contributed by atoms with E-state index in [2.05, 4.69) is 0 Å². The van der Waals surface area contributed by atoms with Gasteiger partial charge in [0, 0.05) is 5.92 Å². The van der Waals surface area contributed by atoms with Gasteiger partial charge in [-0.15, -0.1) is 0 Å². The molecule has 1 saturated heterocycles. The second kappa shape index (κ2) is 7.72. The van der Waals surface area contributed by atoms with Crippen molar-refractivity contribution in [2.45, 2.75) is 38.2 Å². The number of anilines is 1. The first kappa shape index (κ1) is 22.4. The number of rotatable bonds is 4. The molecule has 1 fully saturated rings. The lowest BCUT2D eigenvalue weighted by molar-refractivity contribution is -0.132. The number of hydrogen-bond donors (Lipinski definition) is 0. The number of amides is 2. The lowest BCUT2D eigenvalue weighted by atomic mass is 9.46. The molecule has 3 aromatic rings. The molecule has 0 unspecified atom stereocenters. The van der Waals surface area contributed by atoms with Crippen LogP contribution >= 0.6 is 0 Å². The highest BCUT2D eigenvalue weighted by Crippen LogP contribution is 2.64. The average molecular weight is 480 g/mol. The van der Waals surface area contributed by atoms with Crippen LogP contribution in [0, 0.1) is 11.8 Å². The van der Waals surface area contributed by atoms with E-state index in [0.29, 0.717) is 11.3 Å². The van der Waals surface area contributed by atoms with Crippen LogP contribution in [-0.2, 0) is 24.5 Å². The summed E-state index contributed by atoms with van der Waals surface area (Å²) < 4.78 is 5.24. The molecule has 0 radical (unpaired) electrons. The van der Waals surface area contributed by atoms with E-state index in [1.807, 2.05) is 48.5 Å². The number of ether oxygens (including phenoxy) is 1. The van der Waals surface area contributed by atoms with Crippen LogP contribution in [0.2, 0.25) is 0 Å². The van der Waals surface area contributed by atoms with Crippen LogP contribution in [0.4, 0.5) is 5.69 Å². The highest BCUT2D eigenvalue weighted by Gasteiger charge is 2.69. The van der Waals surface area contributed by atoms with E-state index >= 15 is 0 Å². The molecule has 6 nitrogen and oxygen atoms in total. The smallest absolute Gasteiger partial charge is 0.338 e. The van der Waals surface area contributed by atoms with Gasteiger partial charge in [-0.3, -0.25) is 14.4 Å². The van der Waals surface area contributed by atoms with E-state index in [0.717, 1.165) is 22.3 Å². The predicted octanol–water partition coefficient (Wildman–Crippen LogP) is 4.39. The van der Waals surface area contributed by atoms with E-state index in [9.17, 15) is 19.2 Å². The molecular formula is C30H25NO5. The molecule has 36 heavy (non-hydrogen) atoms. The average Bonchev–Trinajstić information content (AvgIpc) is 3.14. The largest absolute Gasteiger partial charge is 0.459 e. The summed E-state index contributed by atoms with van der Waals surface area (Å²) in [7, 11) is 0. The quantitative estimate of drug-likeness (QED) is 0.410. The minimum Gasteiger partial charge on any atom is -0.459 e. The molecule has 180 valence electrons. The van der Waals surface area contributed by atoms with E-state index < -0.39 is 23.2 Å². The molecule has 1 heterocycles. The standard InChI is InChI=1S/C30H25NO5/c1-16(2)36-29(35)18-12-14-19(15-13-18)31-27(33)25-24-20-8-4-6-10-22(20)30(17(3)32,26(25)28(31)34)23-11-7-5-9-21(23)24/h4-16,24-26H,1-3H3/t24?,25-,26-,30?/m0/s1. The van der Waals surface area contributed by atoms with Crippen LogP contribution in [0.5, 0.6) is 0 Å². The van der Waals surface area contributed by atoms with Gasteiger partial charge >= 0.3 is 5.97 Å². The number of hydrogen-bond acceptors (Lipinski definition) is 5. The first-order chi connectivity index (χ1) is 17.3. The number of esters is 1. The van der Waals surface area contributed by atoms with Crippen molar-refractivity contribution in [1.82, 2.24) is 0 Å². The monoisotopic (exact) mass is 479 g/mol. The Hall–Kier alpha value is -4.06. The lowest BCUT2D eigenvalue weighted by Gasteiger charge is -2.52. The fraction of sp³-hybridized carbons (Fsp3) is 0.267. The van der Waals surface area contributed by atoms with Gasteiger partial charge < -0.3 is 4.74 Å². The van der Waals surface area contributed by atoms with Crippen LogP contribution < -0.4 is 4.90 Å². The zero-order valence-corrected chi connectivity index (χ0v) is 20.2. The molecule has 0 saturated carbocycles. The van der Waals surface area contributed by atoms with Crippen LogP contribution in [0.3, 0.4) is 0 Å². The van der Waals surface area contributed by atoms with Crippen LogP contribution in [0.1, 0.15) is 59.3 Å². The first-order valence-electron chi connectivity index (χ1n) is 12.2. The summed E-state index contributed by atoms with van der Waals surface area (Å²) in [4.78, 5) is 55.2. The number of carbonyl (C=O) groups excluding carboxylic acids is 4. The van der Waals surface area contributed by atoms with E-state index in [1.165, 1.54) is 11.8 Å². The summed E-state index contributed by atoms with van der Waals surface area (Å²) in [6.45, 7) is 5.06. The van der Waals surface area contributed by atoms with Crippen LogP contribution in [0.25, 0.3) is 0 Å². The van der Waals surface area contributed by atoms with Crippen LogP contribution in [0.15, 0.2) is 72.8 Å². The minimum absolute atomic E-state index is 0.148. The molecule has 2 atom stereocenters. The molecule has 6 heteroatoms. The van der Waals surface area contributed by atoms with E-state index in [-0.39, 0.29) is 29.6 Å². The zero-order chi connectivity index (χ0) is 25.4. The molecule has 2 amide bonds. The van der Waals surface area contributed by atoms with Crippen molar-refractivity contribution in [3.8, 4) is 0 Å². The molecule has 7 rings (SSSR count). The number of imide groups is 1. The lowest BCUT2D eigenvalue weighted by Crippen LogP contribution is -2.57. The maximum absolute atomic E-state index is 14.1. The summed E-state index contributed by atoms with van der Waals surface area (Å²) in [5.74, 6) is -3.15. The number of nitrogens with zero attached hydrogens (tertiary/aromatic N) is 1. The van der Waals surface area contributed by atoms with Crippen molar-refractivity contribution in [3.05, 3.63) is 101 Å². The van der Waals surface area contributed by atoms with Crippen LogP contribution in [-0.4, -0.2) is 29.7 Å². The zero-order valence-electron chi connectivity index (χ0n) is 20.2. The molecular weight excluding hydrogens is 454 g/mol. The summed E-state index contributed by atoms with van der Waals surface area (Å²) in [6.07, 6.45) is -0.261. The Morgan fingerprint density at radius 2 is 1.39 bits per heavy atom. The second-order valence-electron chi connectivity index (χ2n) is 10.0. The third-order valence-electron chi connectivity index (χ3n) is 7.88. The van der Waals surface area contributed by atoms with Gasteiger partial charge in [0.2, 0.25) is 11.8 Å². The topological polar surface area (TPSA) is 80.8 Å². The van der Waals surface area contributed by atoms with Gasteiger partial charge in [0.15, 0.2) is 0 Å². The fourth-order valence-electron chi connectivity index (χ4n) is 6.65. The number of carbonyl (C=O) groups is 4. The Kier molecular flexibility index (Phi) is 4.80. The van der Waals surface area contributed by atoms with Gasteiger partial charge in [-0.2, -0.15) is 0 Å². The number of benzene rings is 3. The highest BCUT2D eigenvalue weighted by molar-refractivity contribution is 6.25. The molecule has 2 bridgehead atoms. The number of ketones is 1. The molecule has 4 aliphatic rings. The van der Waals surface area contributed by atoms with Crippen molar-refractivity contribution >= 4 is 29.3 Å². The Labute approximate surface area is 208 Å². The summed E-state index contributed by atoms with van der Waals surface area (Å²) in [6, 6.07) is 21.7. The van der Waals surface area contributed by atoms with Gasteiger partial charge in [0.1, 0.15) is 5.78 Å². The Morgan fingerprint density at radius 1 is 0.833 bits per heavy atom. The molecule has 1 aliphatic heterocycles. The normalized spacial score (nSPS) is 25.4. The minimum atomic E-state index is -1.23. The van der Waals surface area contributed by atoms with E-state index in [1.54, 1.807) is 38.1 Å². The van der Waals surface area contributed by atoms with Gasteiger partial charge in [-0.05, 0) is 67.3 Å². The number of Topliss-reactive ketones (excluding diaryl/α,β-unsaturated/α-hetero) is 1. The maximum atomic E-state index is 14.1. The summed E-state index contributed by atoms with van der Waals surface area (Å²) >= 11 is 0. The molecule has 0 N–H and O–H groups in total. The van der Waals surface area contributed by atoms with Crippen molar-refractivity contribution in [1.29, 1.82) is 0 Å². The molecule has 0 aromatic heterocycles. The van der Waals surface area contributed by atoms with Gasteiger partial charge in [-0.1, -0.05) is 48.5 Å². The van der Waals surface area contributed by atoms with Gasteiger partial charge in [0.05, 0.1) is 34.6 Å². The molecule has 0 spiro atoms. The summed E-state index contributed by atoms with van der Waals surface area (Å²) in [5, 5.41) is 0. The van der Waals surface area contributed by atoms with E-state index in [4.69, 9.17) is 4.74 Å². The highest BCUT2D eigenvalue weighted by atomic mass is 16.5. The van der Waals surface area contributed by atoms with Crippen molar-refractivity contribution in [2.24, 2.45) is 11.8 Å². The van der Waals surface area contributed by atoms with Crippen molar-refractivity contribution < 1.29 is 23.9 Å². The van der Waals surface area contributed by atoms with Crippen molar-refractivity contribution in [3.63, 3.8) is 0 Å². The molecule has 3 aromatic carbocycles. The first-order valence-corrected chi connectivity index (χ1v) is 12.2. The van der Waals surface area contributed by atoms with Crippen molar-refractivity contribution in [2.75, 3.05) is 4.90 Å². The fourth-order valence-corrected chi connectivity index (χ4v) is 6.65.